The van der Waals surface area contributed by atoms with Gasteiger partial charge in [-0.1, -0.05) is 42.0 Å². The molecule has 31 heavy (non-hydrogen) atoms. The van der Waals surface area contributed by atoms with E-state index >= 15 is 0 Å². The molecule has 5 rings (SSSR count). The fourth-order valence-corrected chi connectivity index (χ4v) is 4.29. The molecule has 0 atom stereocenters. The molecule has 4 aromatic rings. The van der Waals surface area contributed by atoms with E-state index in [1.165, 1.54) is 11.1 Å². The van der Waals surface area contributed by atoms with Crippen molar-refractivity contribution in [2.45, 2.75) is 13.5 Å². The van der Waals surface area contributed by atoms with Crippen molar-refractivity contribution in [3.63, 3.8) is 0 Å². The van der Waals surface area contributed by atoms with Gasteiger partial charge in [0.05, 0.1) is 11.0 Å². The summed E-state index contributed by atoms with van der Waals surface area (Å²) in [5, 5.41) is 0. The summed E-state index contributed by atoms with van der Waals surface area (Å²) >= 11 is 0. The zero-order chi connectivity index (χ0) is 21.2. The van der Waals surface area contributed by atoms with Crippen molar-refractivity contribution in [2.24, 2.45) is 0 Å². The van der Waals surface area contributed by atoms with E-state index in [0.29, 0.717) is 0 Å². The lowest BCUT2D eigenvalue weighted by Gasteiger charge is -2.34. The molecule has 156 valence electrons. The summed E-state index contributed by atoms with van der Waals surface area (Å²) in [5.41, 5.74) is 6.40. The number of nitrogens with zero attached hydrogens (tertiary/aromatic N) is 4. The number of aryl methyl sites for hydroxylation is 1. The first-order valence-electron chi connectivity index (χ1n) is 10.8. The van der Waals surface area contributed by atoms with Crippen LogP contribution in [0.25, 0.3) is 16.7 Å². The molecule has 2 heterocycles. The van der Waals surface area contributed by atoms with Gasteiger partial charge in [0.25, 0.3) is 5.91 Å². The molecule has 0 bridgehead atoms. The molecule has 0 N–H and O–H groups in total. The number of hydrogen-bond acceptors (Lipinski definition) is 3. The number of hydrogen-bond donors (Lipinski definition) is 0. The molecule has 0 saturated carbocycles. The van der Waals surface area contributed by atoms with Crippen LogP contribution < -0.4 is 0 Å². The Hall–Kier alpha value is -3.44. The molecule has 1 aromatic heterocycles. The van der Waals surface area contributed by atoms with Crippen molar-refractivity contribution in [1.29, 1.82) is 0 Å². The number of fused-ring (bicyclic) bond motifs is 1. The van der Waals surface area contributed by atoms with Gasteiger partial charge in [-0.2, -0.15) is 0 Å². The number of carbonyl (C=O) groups is 1. The van der Waals surface area contributed by atoms with Gasteiger partial charge in [0.1, 0.15) is 6.33 Å². The number of amides is 1. The van der Waals surface area contributed by atoms with Crippen LogP contribution in [0.1, 0.15) is 21.5 Å². The summed E-state index contributed by atoms with van der Waals surface area (Å²) in [6.07, 6.45) is 1.83. The van der Waals surface area contributed by atoms with E-state index in [4.69, 9.17) is 0 Å². The molecule has 1 amide bonds. The number of rotatable bonds is 4. The largest absolute Gasteiger partial charge is 0.336 e. The first kappa shape index (κ1) is 19.5. The number of imidazole rings is 1. The molecule has 0 unspecified atom stereocenters. The maximum Gasteiger partial charge on any atom is 0.253 e. The summed E-state index contributed by atoms with van der Waals surface area (Å²) < 4.78 is 2.05. The Morgan fingerprint density at radius 3 is 2.45 bits per heavy atom. The average molecular weight is 411 g/mol. The maximum atomic E-state index is 13.0. The standard InChI is InChI=1S/C26H26N4O/c1-20-5-4-6-21(17-20)18-28-13-15-29(16-14-28)26(31)22-9-11-23(12-10-22)30-19-27-24-7-2-3-8-25(24)30/h2-12,17,19H,13-16,18H2,1H3. The molecular weight excluding hydrogens is 384 g/mol. The van der Waals surface area contributed by atoms with Crippen LogP contribution in [-0.4, -0.2) is 51.4 Å². The van der Waals surface area contributed by atoms with Crippen LogP contribution in [0, 0.1) is 6.92 Å². The van der Waals surface area contributed by atoms with E-state index < -0.39 is 0 Å². The van der Waals surface area contributed by atoms with Gasteiger partial charge in [-0.25, -0.2) is 4.98 Å². The van der Waals surface area contributed by atoms with Crippen molar-refractivity contribution in [1.82, 2.24) is 19.4 Å². The maximum absolute atomic E-state index is 13.0. The molecule has 1 fully saturated rings. The third kappa shape index (κ3) is 4.09. The van der Waals surface area contributed by atoms with Crippen LogP contribution in [0.15, 0.2) is 79.1 Å². The first-order valence-corrected chi connectivity index (χ1v) is 10.8. The molecule has 0 spiro atoms. The van der Waals surface area contributed by atoms with Crippen molar-refractivity contribution in [3.8, 4) is 5.69 Å². The van der Waals surface area contributed by atoms with Crippen LogP contribution in [0.3, 0.4) is 0 Å². The van der Waals surface area contributed by atoms with Gasteiger partial charge < -0.3 is 4.90 Å². The molecule has 1 aliphatic heterocycles. The molecule has 5 nitrogen and oxygen atoms in total. The average Bonchev–Trinajstić information content (AvgIpc) is 3.24. The highest BCUT2D eigenvalue weighted by molar-refractivity contribution is 5.94. The Kier molecular flexibility index (Phi) is 5.26. The van der Waals surface area contributed by atoms with Crippen LogP contribution >= 0.6 is 0 Å². The van der Waals surface area contributed by atoms with E-state index in [1.807, 2.05) is 58.3 Å². The number of piperazine rings is 1. The molecule has 3 aromatic carbocycles. The zero-order valence-corrected chi connectivity index (χ0v) is 17.7. The van der Waals surface area contributed by atoms with Crippen LogP contribution in [0.5, 0.6) is 0 Å². The highest BCUT2D eigenvalue weighted by atomic mass is 16.2. The summed E-state index contributed by atoms with van der Waals surface area (Å²) in [4.78, 5) is 21.8. The van der Waals surface area contributed by atoms with E-state index in [1.54, 1.807) is 0 Å². The SMILES string of the molecule is Cc1cccc(CN2CCN(C(=O)c3ccc(-n4cnc5ccccc54)cc3)CC2)c1. The van der Waals surface area contributed by atoms with E-state index in [-0.39, 0.29) is 5.91 Å². The Morgan fingerprint density at radius 2 is 1.68 bits per heavy atom. The number of benzene rings is 3. The van der Waals surface area contributed by atoms with E-state index in [0.717, 1.165) is 55.0 Å². The van der Waals surface area contributed by atoms with Gasteiger partial charge in [-0.05, 0) is 48.9 Å². The third-order valence-corrected chi connectivity index (χ3v) is 5.99. The third-order valence-electron chi connectivity index (χ3n) is 5.99. The summed E-state index contributed by atoms with van der Waals surface area (Å²) in [5.74, 6) is 0.109. The predicted octanol–water partition coefficient (Wildman–Crippen LogP) is 4.29. The van der Waals surface area contributed by atoms with Crippen LogP contribution in [-0.2, 0) is 6.54 Å². The fraction of sp³-hybridized carbons (Fsp3) is 0.231. The minimum absolute atomic E-state index is 0.109. The Bertz CT molecular complexity index is 1200. The van der Waals surface area contributed by atoms with Crippen molar-refractivity contribution < 1.29 is 4.79 Å². The second-order valence-corrected chi connectivity index (χ2v) is 8.21. The predicted molar refractivity (Wildman–Crippen MR) is 123 cm³/mol. The summed E-state index contributed by atoms with van der Waals surface area (Å²) in [6, 6.07) is 24.5. The molecule has 1 saturated heterocycles. The van der Waals surface area contributed by atoms with Gasteiger partial charge in [0.2, 0.25) is 0 Å². The molecule has 5 heteroatoms. The van der Waals surface area contributed by atoms with Gasteiger partial charge in [-0.3, -0.25) is 14.3 Å². The van der Waals surface area contributed by atoms with E-state index in [2.05, 4.69) is 47.1 Å². The van der Waals surface area contributed by atoms with Gasteiger partial charge in [0.15, 0.2) is 0 Å². The molecule has 1 aliphatic rings. The normalized spacial score (nSPS) is 14.8. The zero-order valence-electron chi connectivity index (χ0n) is 17.7. The lowest BCUT2D eigenvalue weighted by atomic mass is 10.1. The highest BCUT2D eigenvalue weighted by Gasteiger charge is 2.22. The monoisotopic (exact) mass is 410 g/mol. The molecular formula is C26H26N4O. The van der Waals surface area contributed by atoms with Gasteiger partial charge in [-0.15, -0.1) is 0 Å². The fourth-order valence-electron chi connectivity index (χ4n) is 4.29. The second kappa shape index (κ2) is 8.36. The highest BCUT2D eigenvalue weighted by Crippen LogP contribution is 2.19. The van der Waals surface area contributed by atoms with Crippen LogP contribution in [0.4, 0.5) is 0 Å². The first-order chi connectivity index (χ1) is 15.2. The van der Waals surface area contributed by atoms with Gasteiger partial charge >= 0.3 is 0 Å². The Labute approximate surface area is 182 Å². The topological polar surface area (TPSA) is 41.4 Å². The smallest absolute Gasteiger partial charge is 0.253 e. The number of aromatic nitrogens is 2. The van der Waals surface area contributed by atoms with Gasteiger partial charge in [0, 0.05) is 44.0 Å². The van der Waals surface area contributed by atoms with E-state index in [9.17, 15) is 4.79 Å². The second-order valence-electron chi connectivity index (χ2n) is 8.21. The number of para-hydroxylation sites is 2. The summed E-state index contributed by atoms with van der Waals surface area (Å²) in [7, 11) is 0. The minimum Gasteiger partial charge on any atom is -0.336 e. The van der Waals surface area contributed by atoms with Crippen molar-refractivity contribution >= 4 is 16.9 Å². The van der Waals surface area contributed by atoms with Crippen LogP contribution in [0.2, 0.25) is 0 Å². The molecule has 0 radical (unpaired) electrons. The minimum atomic E-state index is 0.109. The Balaban J connectivity index is 1.23. The number of carbonyl (C=O) groups excluding carboxylic acids is 1. The summed E-state index contributed by atoms with van der Waals surface area (Å²) in [6.45, 7) is 6.40. The molecule has 0 aliphatic carbocycles. The Morgan fingerprint density at radius 1 is 0.903 bits per heavy atom. The lowest BCUT2D eigenvalue weighted by Crippen LogP contribution is -2.48. The quantitative estimate of drug-likeness (QED) is 0.504. The van der Waals surface area contributed by atoms with Crippen molar-refractivity contribution in [2.75, 3.05) is 26.2 Å². The van der Waals surface area contributed by atoms with Crippen molar-refractivity contribution in [3.05, 3.63) is 95.8 Å². The lowest BCUT2D eigenvalue weighted by molar-refractivity contribution is 0.0628.